The van der Waals surface area contributed by atoms with Gasteiger partial charge in [0, 0.05) is 0 Å². The van der Waals surface area contributed by atoms with Gasteiger partial charge in [-0.25, -0.2) is 4.39 Å². The Kier molecular flexibility index (Phi) is 4.87. The lowest BCUT2D eigenvalue weighted by molar-refractivity contribution is -0.141. The second-order valence-electron chi connectivity index (χ2n) is 3.96. The van der Waals surface area contributed by atoms with E-state index in [2.05, 4.69) is 0 Å². The molecule has 1 aromatic carbocycles. The summed E-state index contributed by atoms with van der Waals surface area (Å²) in [7, 11) is 0. The van der Waals surface area contributed by atoms with Crippen molar-refractivity contribution in [3.05, 3.63) is 57.0 Å². The molecule has 20 heavy (non-hydrogen) atoms. The van der Waals surface area contributed by atoms with Gasteiger partial charge in [-0.2, -0.15) is 0 Å². The average molecular weight is 313 g/mol. The van der Waals surface area contributed by atoms with Crippen LogP contribution in [0.5, 0.6) is 0 Å². The van der Waals surface area contributed by atoms with Crippen LogP contribution in [0.15, 0.2) is 36.4 Å². The summed E-state index contributed by atoms with van der Waals surface area (Å²) < 4.78 is 18.7. The van der Waals surface area contributed by atoms with Gasteiger partial charge in [-0.1, -0.05) is 29.8 Å². The Bertz CT molecular complexity index is 639. The molecule has 0 N–H and O–H groups in total. The second kappa shape index (κ2) is 6.63. The molecule has 1 heterocycles. The van der Waals surface area contributed by atoms with Crippen LogP contribution in [0.4, 0.5) is 4.39 Å². The van der Waals surface area contributed by atoms with Gasteiger partial charge in [-0.3, -0.25) is 9.59 Å². The van der Waals surface area contributed by atoms with Gasteiger partial charge in [0.1, 0.15) is 5.82 Å². The van der Waals surface area contributed by atoms with Gasteiger partial charge in [0.2, 0.25) is 5.78 Å². The summed E-state index contributed by atoms with van der Waals surface area (Å²) >= 11 is 6.83. The Morgan fingerprint density at radius 1 is 1.20 bits per heavy atom. The van der Waals surface area contributed by atoms with Crippen molar-refractivity contribution in [2.75, 3.05) is 6.61 Å². The Labute approximate surface area is 123 Å². The highest BCUT2D eigenvalue weighted by molar-refractivity contribution is 7.18. The summed E-state index contributed by atoms with van der Waals surface area (Å²) in [5.74, 6) is -1.45. The molecular formula is C14H10ClFO3S. The number of hydrogen-bond acceptors (Lipinski definition) is 4. The number of benzene rings is 1. The fourth-order valence-corrected chi connectivity index (χ4v) is 2.50. The maximum Gasteiger partial charge on any atom is 0.310 e. The Hall–Kier alpha value is -1.72. The topological polar surface area (TPSA) is 43.4 Å². The minimum Gasteiger partial charge on any atom is -0.457 e. The molecule has 0 fully saturated rings. The Morgan fingerprint density at radius 2 is 1.95 bits per heavy atom. The number of hydrogen-bond donors (Lipinski definition) is 0. The van der Waals surface area contributed by atoms with Crippen LogP contribution in [0.1, 0.15) is 15.2 Å². The van der Waals surface area contributed by atoms with Crippen LogP contribution in [-0.4, -0.2) is 18.4 Å². The van der Waals surface area contributed by atoms with E-state index in [9.17, 15) is 14.0 Å². The summed E-state index contributed by atoms with van der Waals surface area (Å²) in [4.78, 5) is 23.6. The van der Waals surface area contributed by atoms with Crippen LogP contribution in [0.2, 0.25) is 4.34 Å². The van der Waals surface area contributed by atoms with Crippen molar-refractivity contribution in [2.45, 2.75) is 6.42 Å². The molecule has 0 bridgehead atoms. The molecule has 2 aromatic rings. The van der Waals surface area contributed by atoms with E-state index >= 15 is 0 Å². The van der Waals surface area contributed by atoms with Gasteiger partial charge in [-0.15, -0.1) is 11.3 Å². The third-order valence-corrected chi connectivity index (χ3v) is 3.78. The molecule has 0 radical (unpaired) electrons. The number of halogens is 2. The largest absolute Gasteiger partial charge is 0.457 e. The van der Waals surface area contributed by atoms with Crippen molar-refractivity contribution in [2.24, 2.45) is 0 Å². The fourth-order valence-electron chi connectivity index (χ4n) is 1.53. The van der Waals surface area contributed by atoms with Crippen LogP contribution in [0.25, 0.3) is 0 Å². The Morgan fingerprint density at radius 3 is 2.60 bits per heavy atom. The molecule has 0 aliphatic carbocycles. The number of thiophene rings is 1. The van der Waals surface area contributed by atoms with Gasteiger partial charge in [-0.05, 0) is 23.8 Å². The Balaban J connectivity index is 1.87. The van der Waals surface area contributed by atoms with Crippen LogP contribution in [0.3, 0.4) is 0 Å². The number of Topliss-reactive ketones (excluding diaryl/α,β-unsaturated/α-hetero) is 1. The maximum absolute atomic E-state index is 13.3. The first-order valence-corrected chi connectivity index (χ1v) is 6.93. The third-order valence-electron chi connectivity index (χ3n) is 2.50. The van der Waals surface area contributed by atoms with E-state index in [4.69, 9.17) is 16.3 Å². The molecule has 0 aliphatic heterocycles. The van der Waals surface area contributed by atoms with Gasteiger partial charge >= 0.3 is 5.97 Å². The summed E-state index contributed by atoms with van der Waals surface area (Å²) in [6.07, 6.45) is -0.203. The highest BCUT2D eigenvalue weighted by atomic mass is 35.5. The lowest BCUT2D eigenvalue weighted by atomic mass is 10.1. The molecule has 0 aliphatic rings. The van der Waals surface area contributed by atoms with Crippen molar-refractivity contribution in [1.29, 1.82) is 0 Å². The van der Waals surface area contributed by atoms with Crippen LogP contribution in [-0.2, 0) is 16.0 Å². The standard InChI is InChI=1S/C14H10ClFO3S/c15-13-6-5-12(20-13)11(17)8-19-14(18)7-9-3-1-2-4-10(9)16/h1-6H,7-8H2. The number of rotatable bonds is 5. The lowest BCUT2D eigenvalue weighted by Crippen LogP contribution is -2.15. The smallest absolute Gasteiger partial charge is 0.310 e. The van der Waals surface area contributed by atoms with E-state index in [1.54, 1.807) is 18.2 Å². The van der Waals surface area contributed by atoms with Gasteiger partial charge in [0.25, 0.3) is 0 Å². The van der Waals surface area contributed by atoms with Gasteiger partial charge in [0.15, 0.2) is 6.61 Å². The predicted molar refractivity (Wildman–Crippen MR) is 74.7 cm³/mol. The normalized spacial score (nSPS) is 10.3. The molecule has 3 nitrogen and oxygen atoms in total. The molecule has 0 unspecified atom stereocenters. The number of ether oxygens (including phenoxy) is 1. The van der Waals surface area contributed by atoms with E-state index in [0.717, 1.165) is 11.3 Å². The van der Waals surface area contributed by atoms with Crippen molar-refractivity contribution in [3.63, 3.8) is 0 Å². The van der Waals surface area contributed by atoms with Gasteiger partial charge < -0.3 is 4.74 Å². The molecular weight excluding hydrogens is 303 g/mol. The van der Waals surface area contributed by atoms with Crippen LogP contribution in [0, 0.1) is 5.82 Å². The lowest BCUT2D eigenvalue weighted by Gasteiger charge is -2.04. The molecule has 104 valence electrons. The zero-order valence-electron chi connectivity index (χ0n) is 10.3. The minimum atomic E-state index is -0.647. The van der Waals surface area contributed by atoms with Crippen LogP contribution >= 0.6 is 22.9 Å². The first kappa shape index (κ1) is 14.7. The number of ketones is 1. The maximum atomic E-state index is 13.3. The summed E-state index contributed by atoms with van der Waals surface area (Å²) in [5.41, 5.74) is 0.240. The SMILES string of the molecule is O=C(Cc1ccccc1F)OCC(=O)c1ccc(Cl)s1. The third kappa shape index (κ3) is 3.88. The molecule has 1 aromatic heterocycles. The van der Waals surface area contributed by atoms with E-state index in [0.29, 0.717) is 9.21 Å². The van der Waals surface area contributed by atoms with Crippen molar-refractivity contribution >= 4 is 34.7 Å². The fraction of sp³-hybridized carbons (Fsp3) is 0.143. The first-order valence-electron chi connectivity index (χ1n) is 5.74. The number of carbonyl (C=O) groups is 2. The summed E-state index contributed by atoms with van der Waals surface area (Å²) in [5, 5.41) is 0. The monoisotopic (exact) mass is 312 g/mol. The highest BCUT2D eigenvalue weighted by Crippen LogP contribution is 2.21. The first-order chi connectivity index (χ1) is 9.56. The van der Waals surface area contributed by atoms with E-state index in [1.807, 2.05) is 0 Å². The zero-order chi connectivity index (χ0) is 14.5. The average Bonchev–Trinajstić information content (AvgIpc) is 2.85. The van der Waals surface area contributed by atoms with Crippen molar-refractivity contribution in [1.82, 2.24) is 0 Å². The predicted octanol–water partition coefficient (Wildman–Crippen LogP) is 3.51. The van der Waals surface area contributed by atoms with E-state index in [-0.39, 0.29) is 24.4 Å². The summed E-state index contributed by atoms with van der Waals surface area (Å²) in [6, 6.07) is 9.10. The molecule has 0 spiro atoms. The molecule has 0 amide bonds. The highest BCUT2D eigenvalue weighted by Gasteiger charge is 2.13. The molecule has 0 atom stereocenters. The molecule has 0 saturated heterocycles. The molecule has 2 rings (SSSR count). The van der Waals surface area contributed by atoms with E-state index in [1.165, 1.54) is 18.2 Å². The van der Waals surface area contributed by atoms with Gasteiger partial charge in [0.05, 0.1) is 15.6 Å². The minimum absolute atomic E-state index is 0.203. The van der Waals surface area contributed by atoms with Crippen molar-refractivity contribution in [3.8, 4) is 0 Å². The van der Waals surface area contributed by atoms with Crippen molar-refractivity contribution < 1.29 is 18.7 Å². The van der Waals surface area contributed by atoms with E-state index < -0.39 is 11.8 Å². The molecule has 0 saturated carbocycles. The second-order valence-corrected chi connectivity index (χ2v) is 5.67. The summed E-state index contributed by atoms with van der Waals surface area (Å²) in [6.45, 7) is -0.371. The van der Waals surface area contributed by atoms with Crippen LogP contribution < -0.4 is 0 Å². The number of carbonyl (C=O) groups excluding carboxylic acids is 2. The zero-order valence-corrected chi connectivity index (χ0v) is 11.8. The number of esters is 1. The quantitative estimate of drug-likeness (QED) is 0.627. The molecule has 6 heteroatoms.